The maximum absolute atomic E-state index is 12.8. The molecule has 21 heavy (non-hydrogen) atoms. The van der Waals surface area contributed by atoms with E-state index >= 15 is 0 Å². The van der Waals surface area contributed by atoms with Gasteiger partial charge >= 0.3 is 0 Å². The Bertz CT molecular complexity index is 909. The normalized spacial score (nSPS) is 18.4. The summed E-state index contributed by atoms with van der Waals surface area (Å²) in [7, 11) is -3.47. The van der Waals surface area contributed by atoms with E-state index in [1.54, 1.807) is 12.1 Å². The molecule has 0 atom stereocenters. The summed E-state index contributed by atoms with van der Waals surface area (Å²) in [5.74, 6) is 0.131. The first kappa shape index (κ1) is 13.0. The number of hydrogen-bond acceptors (Lipinski definition) is 4. The number of benzene rings is 1. The molecule has 0 unspecified atom stereocenters. The standard InChI is InChI=1S/C15H13NO3S2/c1-8-13-7-16(21(18,19)15(13)9(2)20-8)11-3-4-12-10(5-11)6-14(12)17/h3-5H,6-7H2,1-2H3. The summed E-state index contributed by atoms with van der Waals surface area (Å²) in [6.45, 7) is 4.21. The van der Waals surface area contributed by atoms with Gasteiger partial charge in [-0.2, -0.15) is 0 Å². The molecule has 0 bridgehead atoms. The van der Waals surface area contributed by atoms with Crippen LogP contribution in [0.4, 0.5) is 5.69 Å². The SMILES string of the molecule is Cc1sc(C)c2c1CN(c1ccc3c(c1)CC3=O)S2(=O)=O. The lowest BCUT2D eigenvalue weighted by molar-refractivity contribution is 0.0968. The summed E-state index contributed by atoms with van der Waals surface area (Å²) in [6, 6.07) is 5.29. The van der Waals surface area contributed by atoms with Crippen LogP contribution in [0.5, 0.6) is 0 Å². The lowest BCUT2D eigenvalue weighted by Gasteiger charge is -2.23. The predicted octanol–water partition coefficient (Wildman–Crippen LogP) is 2.81. The number of nitrogens with zero attached hydrogens (tertiary/aromatic N) is 1. The Labute approximate surface area is 127 Å². The summed E-state index contributed by atoms with van der Waals surface area (Å²) in [5.41, 5.74) is 3.23. The number of rotatable bonds is 1. The van der Waals surface area contributed by atoms with Crippen LogP contribution in [0.25, 0.3) is 0 Å². The molecule has 1 aliphatic carbocycles. The summed E-state index contributed by atoms with van der Waals surface area (Å²) in [5, 5.41) is 0. The van der Waals surface area contributed by atoms with E-state index in [-0.39, 0.29) is 5.78 Å². The Kier molecular flexibility index (Phi) is 2.45. The number of ketones is 1. The Hall–Kier alpha value is -1.66. The zero-order valence-electron chi connectivity index (χ0n) is 11.6. The minimum absolute atomic E-state index is 0.131. The van der Waals surface area contributed by atoms with E-state index in [2.05, 4.69) is 0 Å². The molecule has 0 N–H and O–H groups in total. The largest absolute Gasteiger partial charge is 0.294 e. The van der Waals surface area contributed by atoms with Crippen molar-refractivity contribution in [2.75, 3.05) is 4.31 Å². The maximum Gasteiger partial charge on any atom is 0.266 e. The van der Waals surface area contributed by atoms with E-state index in [1.807, 2.05) is 19.9 Å². The molecule has 0 spiro atoms. The van der Waals surface area contributed by atoms with Gasteiger partial charge in [-0.1, -0.05) is 0 Å². The second-order valence-electron chi connectivity index (χ2n) is 5.48. The topological polar surface area (TPSA) is 54.5 Å². The molecular formula is C15H13NO3S2. The van der Waals surface area contributed by atoms with Crippen molar-refractivity contribution < 1.29 is 13.2 Å². The third-order valence-electron chi connectivity index (χ3n) is 4.20. The molecule has 0 saturated heterocycles. The number of hydrogen-bond donors (Lipinski definition) is 0. The molecule has 4 nitrogen and oxygen atoms in total. The summed E-state index contributed by atoms with van der Waals surface area (Å²) in [4.78, 5) is 13.8. The highest BCUT2D eigenvalue weighted by atomic mass is 32.2. The van der Waals surface area contributed by atoms with Crippen LogP contribution in [0.1, 0.15) is 31.2 Å². The average Bonchev–Trinajstić information content (AvgIpc) is 2.84. The van der Waals surface area contributed by atoms with Gasteiger partial charge in [-0.05, 0) is 37.6 Å². The molecule has 1 aliphatic heterocycles. The van der Waals surface area contributed by atoms with E-state index in [0.29, 0.717) is 23.5 Å². The van der Waals surface area contributed by atoms with Crippen molar-refractivity contribution in [1.29, 1.82) is 0 Å². The smallest absolute Gasteiger partial charge is 0.266 e. The van der Waals surface area contributed by atoms with Gasteiger partial charge in [0.25, 0.3) is 10.0 Å². The molecule has 0 radical (unpaired) electrons. The van der Waals surface area contributed by atoms with Crippen molar-refractivity contribution in [1.82, 2.24) is 0 Å². The fraction of sp³-hybridized carbons (Fsp3) is 0.267. The van der Waals surface area contributed by atoms with Crippen LogP contribution in [-0.2, 0) is 23.0 Å². The van der Waals surface area contributed by atoms with Crippen LogP contribution in [-0.4, -0.2) is 14.2 Å². The lowest BCUT2D eigenvalue weighted by Crippen LogP contribution is -2.26. The number of anilines is 1. The number of fused-ring (bicyclic) bond motifs is 2. The van der Waals surface area contributed by atoms with E-state index in [1.165, 1.54) is 15.6 Å². The monoisotopic (exact) mass is 319 g/mol. The number of thiophene rings is 1. The van der Waals surface area contributed by atoms with Gasteiger partial charge in [0, 0.05) is 27.3 Å². The highest BCUT2D eigenvalue weighted by molar-refractivity contribution is 7.93. The number of aryl methyl sites for hydroxylation is 2. The van der Waals surface area contributed by atoms with Gasteiger partial charge in [-0.25, -0.2) is 8.42 Å². The predicted molar refractivity (Wildman–Crippen MR) is 81.6 cm³/mol. The number of sulfonamides is 1. The van der Waals surface area contributed by atoms with Crippen molar-refractivity contribution in [2.45, 2.75) is 31.7 Å². The summed E-state index contributed by atoms with van der Waals surface area (Å²) in [6.07, 6.45) is 0.413. The molecule has 2 aromatic rings. The van der Waals surface area contributed by atoms with Crippen molar-refractivity contribution >= 4 is 32.8 Å². The van der Waals surface area contributed by atoms with Gasteiger partial charge in [0.15, 0.2) is 5.78 Å². The van der Waals surface area contributed by atoms with Gasteiger partial charge in [-0.15, -0.1) is 11.3 Å². The zero-order chi connectivity index (χ0) is 14.9. The van der Waals surface area contributed by atoms with Gasteiger partial charge in [-0.3, -0.25) is 9.10 Å². The van der Waals surface area contributed by atoms with Crippen LogP contribution in [0.2, 0.25) is 0 Å². The van der Waals surface area contributed by atoms with Crippen LogP contribution in [0, 0.1) is 13.8 Å². The summed E-state index contributed by atoms with van der Waals surface area (Å²) < 4.78 is 27.0. The number of carbonyl (C=O) groups excluding carboxylic acids is 1. The van der Waals surface area contributed by atoms with Crippen LogP contribution in [0.3, 0.4) is 0 Å². The molecule has 0 saturated carbocycles. The number of carbonyl (C=O) groups is 1. The van der Waals surface area contributed by atoms with Gasteiger partial charge in [0.2, 0.25) is 0 Å². The minimum atomic E-state index is -3.47. The quantitative estimate of drug-likeness (QED) is 0.812. The molecule has 108 valence electrons. The first-order valence-corrected chi connectivity index (χ1v) is 8.93. The molecule has 0 amide bonds. The molecule has 1 aromatic heterocycles. The van der Waals surface area contributed by atoms with E-state index in [0.717, 1.165) is 26.4 Å². The second kappa shape index (κ2) is 3.96. The molecule has 0 fully saturated rings. The fourth-order valence-electron chi connectivity index (χ4n) is 3.11. The Balaban J connectivity index is 1.84. The van der Waals surface area contributed by atoms with Crippen molar-refractivity contribution in [2.24, 2.45) is 0 Å². The van der Waals surface area contributed by atoms with Crippen LogP contribution >= 0.6 is 11.3 Å². The van der Waals surface area contributed by atoms with Crippen molar-refractivity contribution in [3.05, 3.63) is 44.6 Å². The van der Waals surface area contributed by atoms with Crippen molar-refractivity contribution in [3.63, 3.8) is 0 Å². The zero-order valence-corrected chi connectivity index (χ0v) is 13.3. The van der Waals surface area contributed by atoms with E-state index < -0.39 is 10.0 Å². The Morgan fingerprint density at radius 2 is 1.95 bits per heavy atom. The molecule has 4 rings (SSSR count). The van der Waals surface area contributed by atoms with Gasteiger partial charge < -0.3 is 0 Å². The van der Waals surface area contributed by atoms with Gasteiger partial charge in [0.05, 0.1) is 12.2 Å². The maximum atomic E-state index is 12.8. The molecule has 2 aliphatic rings. The highest BCUT2D eigenvalue weighted by Gasteiger charge is 2.39. The third-order valence-corrected chi connectivity index (χ3v) is 7.38. The molecule has 1 aromatic carbocycles. The van der Waals surface area contributed by atoms with Crippen LogP contribution in [0.15, 0.2) is 23.1 Å². The molecule has 6 heteroatoms. The molecular weight excluding hydrogens is 306 g/mol. The minimum Gasteiger partial charge on any atom is -0.294 e. The van der Waals surface area contributed by atoms with Crippen LogP contribution < -0.4 is 4.31 Å². The van der Waals surface area contributed by atoms with E-state index in [4.69, 9.17) is 0 Å². The first-order chi connectivity index (χ1) is 9.89. The first-order valence-electron chi connectivity index (χ1n) is 6.67. The Morgan fingerprint density at radius 3 is 2.57 bits per heavy atom. The third kappa shape index (κ3) is 1.60. The highest BCUT2D eigenvalue weighted by Crippen LogP contribution is 2.42. The average molecular weight is 319 g/mol. The Morgan fingerprint density at radius 1 is 1.19 bits per heavy atom. The van der Waals surface area contributed by atoms with Crippen molar-refractivity contribution in [3.8, 4) is 0 Å². The summed E-state index contributed by atoms with van der Waals surface area (Å²) >= 11 is 1.54. The fourth-order valence-corrected chi connectivity index (χ4v) is 6.39. The number of Topliss-reactive ketones (excluding diaryl/α,β-unsaturated/α-hetero) is 1. The van der Waals surface area contributed by atoms with E-state index in [9.17, 15) is 13.2 Å². The molecule has 2 heterocycles. The second-order valence-corrected chi connectivity index (χ2v) is 8.70. The van der Waals surface area contributed by atoms with Gasteiger partial charge in [0.1, 0.15) is 4.90 Å². The lowest BCUT2D eigenvalue weighted by atomic mass is 9.87.